The van der Waals surface area contributed by atoms with Crippen molar-refractivity contribution in [3.05, 3.63) is 76.9 Å². The minimum atomic E-state index is -4.56. The first-order chi connectivity index (χ1) is 12.6. The van der Waals surface area contributed by atoms with E-state index in [1.54, 1.807) is 0 Å². The molecular formula is C19H10ClF6N. The van der Waals surface area contributed by atoms with Gasteiger partial charge in [0, 0.05) is 11.1 Å². The van der Waals surface area contributed by atoms with Crippen LogP contribution in [0.5, 0.6) is 0 Å². The van der Waals surface area contributed by atoms with Crippen LogP contribution in [0.25, 0.3) is 22.4 Å². The van der Waals surface area contributed by atoms with E-state index in [1.165, 1.54) is 36.4 Å². The third kappa shape index (κ3) is 4.24. The second kappa shape index (κ2) is 6.88. The molecule has 0 saturated heterocycles. The third-order valence-electron chi connectivity index (χ3n) is 3.83. The van der Waals surface area contributed by atoms with Gasteiger partial charge in [-0.15, -0.1) is 0 Å². The largest absolute Gasteiger partial charge is 0.416 e. The van der Waals surface area contributed by atoms with Crippen LogP contribution in [0.2, 0.25) is 5.15 Å². The van der Waals surface area contributed by atoms with Gasteiger partial charge in [0.15, 0.2) is 0 Å². The molecule has 0 atom stereocenters. The Morgan fingerprint density at radius 2 is 1.19 bits per heavy atom. The molecule has 0 bridgehead atoms. The highest BCUT2D eigenvalue weighted by Gasteiger charge is 2.32. The molecule has 0 aliphatic rings. The van der Waals surface area contributed by atoms with E-state index in [0.717, 1.165) is 24.3 Å². The number of pyridine rings is 1. The number of rotatable bonds is 2. The smallest absolute Gasteiger partial charge is 0.235 e. The van der Waals surface area contributed by atoms with Crippen molar-refractivity contribution in [2.45, 2.75) is 12.4 Å². The average Bonchev–Trinajstić information content (AvgIpc) is 2.60. The average molecular weight is 402 g/mol. The number of alkyl halides is 6. The fourth-order valence-corrected chi connectivity index (χ4v) is 2.74. The zero-order valence-corrected chi connectivity index (χ0v) is 14.1. The summed E-state index contributed by atoms with van der Waals surface area (Å²) in [7, 11) is 0. The summed E-state index contributed by atoms with van der Waals surface area (Å²) in [6.45, 7) is 0. The molecule has 1 aromatic heterocycles. The number of aromatic nitrogens is 1. The second-order valence-electron chi connectivity index (χ2n) is 5.69. The molecule has 0 aliphatic carbocycles. The van der Waals surface area contributed by atoms with Crippen LogP contribution < -0.4 is 0 Å². The van der Waals surface area contributed by atoms with E-state index in [-0.39, 0.29) is 27.5 Å². The molecule has 3 aromatic rings. The van der Waals surface area contributed by atoms with Crippen molar-refractivity contribution in [3.8, 4) is 22.4 Å². The van der Waals surface area contributed by atoms with Gasteiger partial charge >= 0.3 is 12.4 Å². The van der Waals surface area contributed by atoms with Crippen LogP contribution in [0, 0.1) is 0 Å². The Labute approximate surface area is 155 Å². The van der Waals surface area contributed by atoms with Crippen molar-refractivity contribution >= 4 is 11.6 Å². The molecule has 0 radical (unpaired) electrons. The van der Waals surface area contributed by atoms with Gasteiger partial charge in [0.05, 0.1) is 16.8 Å². The SMILES string of the molecule is FC(F)(F)c1cccc(-c2ccc(Cl)nc2-c2cccc(C(F)(F)F)c2)c1. The van der Waals surface area contributed by atoms with Gasteiger partial charge in [0.2, 0.25) is 0 Å². The van der Waals surface area contributed by atoms with Crippen molar-refractivity contribution in [2.24, 2.45) is 0 Å². The van der Waals surface area contributed by atoms with Crippen molar-refractivity contribution in [2.75, 3.05) is 0 Å². The molecule has 1 heterocycles. The summed E-state index contributed by atoms with van der Waals surface area (Å²) in [6, 6.07) is 11.7. The number of hydrogen-bond donors (Lipinski definition) is 0. The predicted octanol–water partition coefficient (Wildman–Crippen LogP) is 7.11. The van der Waals surface area contributed by atoms with E-state index in [0.29, 0.717) is 0 Å². The van der Waals surface area contributed by atoms with Crippen molar-refractivity contribution < 1.29 is 26.3 Å². The van der Waals surface area contributed by atoms with E-state index < -0.39 is 23.5 Å². The summed E-state index contributed by atoms with van der Waals surface area (Å²) in [5.41, 5.74) is -1.19. The Kier molecular flexibility index (Phi) is 4.90. The summed E-state index contributed by atoms with van der Waals surface area (Å²) in [5, 5.41) is 0.0122. The summed E-state index contributed by atoms with van der Waals surface area (Å²) in [4.78, 5) is 4.05. The lowest BCUT2D eigenvalue weighted by Crippen LogP contribution is -2.05. The Balaban J connectivity index is 2.19. The highest BCUT2D eigenvalue weighted by Crippen LogP contribution is 2.38. The molecule has 0 unspecified atom stereocenters. The molecule has 2 aromatic carbocycles. The van der Waals surface area contributed by atoms with Crippen LogP contribution in [0.3, 0.4) is 0 Å². The summed E-state index contributed by atoms with van der Waals surface area (Å²) in [5.74, 6) is 0. The van der Waals surface area contributed by atoms with Gasteiger partial charge in [0.25, 0.3) is 0 Å². The lowest BCUT2D eigenvalue weighted by molar-refractivity contribution is -0.138. The molecule has 0 N–H and O–H groups in total. The molecule has 0 fully saturated rings. The number of halogens is 7. The Bertz CT molecular complexity index is 978. The quantitative estimate of drug-likeness (QED) is 0.329. The lowest BCUT2D eigenvalue weighted by atomic mass is 9.97. The maximum absolute atomic E-state index is 13.0. The van der Waals surface area contributed by atoms with Crippen LogP contribution in [0.4, 0.5) is 26.3 Å². The van der Waals surface area contributed by atoms with Crippen LogP contribution >= 0.6 is 11.6 Å². The van der Waals surface area contributed by atoms with Crippen LogP contribution in [0.1, 0.15) is 11.1 Å². The zero-order chi connectivity index (χ0) is 19.8. The van der Waals surface area contributed by atoms with Crippen molar-refractivity contribution in [1.82, 2.24) is 4.98 Å². The van der Waals surface area contributed by atoms with Gasteiger partial charge in [-0.3, -0.25) is 0 Å². The molecule has 140 valence electrons. The fourth-order valence-electron chi connectivity index (χ4n) is 2.59. The van der Waals surface area contributed by atoms with Gasteiger partial charge in [-0.2, -0.15) is 26.3 Å². The maximum atomic E-state index is 13.0. The van der Waals surface area contributed by atoms with Gasteiger partial charge < -0.3 is 0 Å². The molecule has 0 saturated carbocycles. The Morgan fingerprint density at radius 1 is 0.667 bits per heavy atom. The summed E-state index contributed by atoms with van der Waals surface area (Å²) in [6.07, 6.45) is -9.11. The molecule has 1 nitrogen and oxygen atoms in total. The number of nitrogens with zero attached hydrogens (tertiary/aromatic N) is 1. The number of hydrogen-bond acceptors (Lipinski definition) is 1. The second-order valence-corrected chi connectivity index (χ2v) is 6.07. The van der Waals surface area contributed by atoms with E-state index in [2.05, 4.69) is 4.98 Å². The fraction of sp³-hybridized carbons (Fsp3) is 0.105. The summed E-state index contributed by atoms with van der Waals surface area (Å²) >= 11 is 5.87. The molecule has 3 rings (SSSR count). The van der Waals surface area contributed by atoms with Gasteiger partial charge in [-0.1, -0.05) is 35.9 Å². The maximum Gasteiger partial charge on any atom is 0.416 e. The first kappa shape index (κ1) is 19.2. The van der Waals surface area contributed by atoms with E-state index in [9.17, 15) is 26.3 Å². The first-order valence-electron chi connectivity index (χ1n) is 7.57. The minimum absolute atomic E-state index is 0.0122. The highest BCUT2D eigenvalue weighted by atomic mass is 35.5. The third-order valence-corrected chi connectivity index (χ3v) is 4.04. The molecule has 27 heavy (non-hydrogen) atoms. The molecular weight excluding hydrogens is 392 g/mol. The van der Waals surface area contributed by atoms with Gasteiger partial charge in [-0.05, 0) is 42.0 Å². The normalized spacial score (nSPS) is 12.3. The highest BCUT2D eigenvalue weighted by molar-refractivity contribution is 6.29. The van der Waals surface area contributed by atoms with Gasteiger partial charge in [0.1, 0.15) is 5.15 Å². The van der Waals surface area contributed by atoms with Crippen molar-refractivity contribution in [3.63, 3.8) is 0 Å². The molecule has 0 aliphatic heterocycles. The van der Waals surface area contributed by atoms with Crippen LogP contribution in [0.15, 0.2) is 60.7 Å². The van der Waals surface area contributed by atoms with E-state index >= 15 is 0 Å². The monoisotopic (exact) mass is 401 g/mol. The van der Waals surface area contributed by atoms with Crippen LogP contribution in [-0.4, -0.2) is 4.98 Å². The molecule has 0 spiro atoms. The molecule has 8 heteroatoms. The summed E-state index contributed by atoms with van der Waals surface area (Å²) < 4.78 is 78.0. The lowest BCUT2D eigenvalue weighted by Gasteiger charge is -2.14. The van der Waals surface area contributed by atoms with E-state index in [4.69, 9.17) is 11.6 Å². The Hall–Kier alpha value is -2.54. The predicted molar refractivity (Wildman–Crippen MR) is 90.1 cm³/mol. The first-order valence-corrected chi connectivity index (χ1v) is 7.95. The topological polar surface area (TPSA) is 12.9 Å². The number of benzene rings is 2. The standard InChI is InChI=1S/C19H10ClF6N/c20-16-8-7-15(11-3-1-5-13(9-11)18(21,22)23)17(27-16)12-4-2-6-14(10-12)19(24,25)26/h1-10H. The zero-order valence-electron chi connectivity index (χ0n) is 13.4. The molecule has 0 amide bonds. The Morgan fingerprint density at radius 3 is 1.74 bits per heavy atom. The van der Waals surface area contributed by atoms with Gasteiger partial charge in [-0.25, -0.2) is 4.98 Å². The van der Waals surface area contributed by atoms with Crippen LogP contribution in [-0.2, 0) is 12.4 Å². The minimum Gasteiger partial charge on any atom is -0.235 e. The van der Waals surface area contributed by atoms with E-state index in [1.807, 2.05) is 0 Å². The van der Waals surface area contributed by atoms with Crippen molar-refractivity contribution in [1.29, 1.82) is 0 Å².